The van der Waals surface area contributed by atoms with E-state index >= 15 is 0 Å². The number of hydrogen-bond donors (Lipinski definition) is 1. The highest BCUT2D eigenvalue weighted by atomic mass is 16.6. The Morgan fingerprint density at radius 2 is 1.96 bits per heavy atom. The lowest BCUT2D eigenvalue weighted by Gasteiger charge is -2.31. The molecular weight excluding hydrogens is 364 g/mol. The van der Waals surface area contributed by atoms with Crippen molar-refractivity contribution in [3.05, 3.63) is 59.4 Å². The Kier molecular flexibility index (Phi) is 4.75. The highest BCUT2D eigenvalue weighted by Crippen LogP contribution is 2.33. The predicted octanol–water partition coefficient (Wildman–Crippen LogP) is 0.169. The average molecular weight is 382 g/mol. The second-order valence-corrected chi connectivity index (χ2v) is 6.19. The van der Waals surface area contributed by atoms with Gasteiger partial charge in [-0.15, -0.1) is 5.10 Å². The number of benzene rings is 1. The number of aromatic nitrogens is 5. The molecule has 1 aliphatic heterocycles. The lowest BCUT2D eigenvalue weighted by Crippen LogP contribution is -2.49. The second-order valence-electron chi connectivity index (χ2n) is 6.19. The molecule has 1 N–H and O–H groups in total. The van der Waals surface area contributed by atoms with E-state index in [1.54, 1.807) is 25.1 Å². The minimum Gasteiger partial charge on any atom is -0.482 e. The molecule has 0 fully saturated rings. The van der Waals surface area contributed by atoms with Crippen molar-refractivity contribution < 1.29 is 14.3 Å². The molecular formula is C18H18N6O4. The van der Waals surface area contributed by atoms with Crippen LogP contribution in [0, 0.1) is 0 Å². The Morgan fingerprint density at radius 1 is 1.18 bits per heavy atom. The van der Waals surface area contributed by atoms with Crippen LogP contribution in [0.15, 0.2) is 53.8 Å². The topological polar surface area (TPSA) is 113 Å². The van der Waals surface area contributed by atoms with Crippen LogP contribution in [-0.2, 0) is 11.3 Å². The molecule has 10 heteroatoms. The zero-order valence-corrected chi connectivity index (χ0v) is 15.1. The van der Waals surface area contributed by atoms with Gasteiger partial charge in [0.15, 0.2) is 17.3 Å². The molecule has 2 atom stereocenters. The van der Waals surface area contributed by atoms with Crippen molar-refractivity contribution in [3.8, 4) is 17.3 Å². The SMILES string of the molecule is C[C@H]1Oc2ccccc2O[C@@H]1C(=O)NCCn1nc(-n2cncn2)ccc1=O. The fraction of sp³-hybridized carbons (Fsp3) is 0.278. The summed E-state index contributed by atoms with van der Waals surface area (Å²) in [5, 5.41) is 11.0. The van der Waals surface area contributed by atoms with Gasteiger partial charge in [0, 0.05) is 12.6 Å². The third-order valence-corrected chi connectivity index (χ3v) is 4.23. The van der Waals surface area contributed by atoms with Gasteiger partial charge in [0.05, 0.1) is 6.54 Å². The number of nitrogens with zero attached hydrogens (tertiary/aromatic N) is 5. The van der Waals surface area contributed by atoms with Crippen LogP contribution >= 0.6 is 0 Å². The number of rotatable bonds is 5. The first-order chi connectivity index (χ1) is 13.6. The molecule has 4 rings (SSSR count). The summed E-state index contributed by atoms with van der Waals surface area (Å²) < 4.78 is 14.2. The monoisotopic (exact) mass is 382 g/mol. The summed E-state index contributed by atoms with van der Waals surface area (Å²) in [6, 6.07) is 10.1. The number of fused-ring (bicyclic) bond motifs is 1. The van der Waals surface area contributed by atoms with Gasteiger partial charge in [0.25, 0.3) is 11.5 Å². The van der Waals surface area contributed by atoms with Crippen molar-refractivity contribution in [2.75, 3.05) is 6.54 Å². The van der Waals surface area contributed by atoms with E-state index in [9.17, 15) is 9.59 Å². The molecule has 0 saturated carbocycles. The first-order valence-electron chi connectivity index (χ1n) is 8.75. The zero-order chi connectivity index (χ0) is 19.5. The van der Waals surface area contributed by atoms with Crippen molar-refractivity contribution >= 4 is 5.91 Å². The predicted molar refractivity (Wildman–Crippen MR) is 97.4 cm³/mol. The number of para-hydroxylation sites is 2. The van der Waals surface area contributed by atoms with E-state index in [0.717, 1.165) is 0 Å². The van der Waals surface area contributed by atoms with Crippen LogP contribution < -0.4 is 20.3 Å². The smallest absolute Gasteiger partial charge is 0.266 e. The average Bonchev–Trinajstić information content (AvgIpc) is 3.23. The number of amides is 1. The summed E-state index contributed by atoms with van der Waals surface area (Å²) in [7, 11) is 0. The number of nitrogens with one attached hydrogen (secondary N) is 1. The Morgan fingerprint density at radius 3 is 2.71 bits per heavy atom. The van der Waals surface area contributed by atoms with Crippen LogP contribution in [0.25, 0.3) is 5.82 Å². The van der Waals surface area contributed by atoms with E-state index in [1.165, 1.54) is 28.1 Å². The fourth-order valence-electron chi connectivity index (χ4n) is 2.84. The van der Waals surface area contributed by atoms with Crippen molar-refractivity contribution in [2.45, 2.75) is 25.7 Å². The maximum absolute atomic E-state index is 12.5. The van der Waals surface area contributed by atoms with Crippen molar-refractivity contribution in [1.29, 1.82) is 0 Å². The largest absolute Gasteiger partial charge is 0.482 e. The number of carbonyl (C=O) groups excluding carboxylic acids is 1. The van der Waals surface area contributed by atoms with E-state index in [0.29, 0.717) is 17.3 Å². The van der Waals surface area contributed by atoms with Gasteiger partial charge < -0.3 is 14.8 Å². The van der Waals surface area contributed by atoms with Gasteiger partial charge in [0.1, 0.15) is 18.8 Å². The highest BCUT2D eigenvalue weighted by molar-refractivity contribution is 5.82. The number of ether oxygens (including phenoxy) is 2. The molecule has 1 aromatic carbocycles. The first-order valence-corrected chi connectivity index (χ1v) is 8.75. The Bertz CT molecular complexity index is 1030. The lowest BCUT2D eigenvalue weighted by atomic mass is 10.1. The third-order valence-electron chi connectivity index (χ3n) is 4.23. The van der Waals surface area contributed by atoms with E-state index in [2.05, 4.69) is 20.5 Å². The summed E-state index contributed by atoms with van der Waals surface area (Å²) >= 11 is 0. The van der Waals surface area contributed by atoms with Gasteiger partial charge in [-0.1, -0.05) is 12.1 Å². The molecule has 3 heterocycles. The van der Waals surface area contributed by atoms with Crippen LogP contribution in [0.3, 0.4) is 0 Å². The number of hydrogen-bond acceptors (Lipinski definition) is 7. The van der Waals surface area contributed by atoms with Crippen molar-refractivity contribution in [3.63, 3.8) is 0 Å². The van der Waals surface area contributed by atoms with E-state index in [1.807, 2.05) is 12.1 Å². The molecule has 10 nitrogen and oxygen atoms in total. The summed E-state index contributed by atoms with van der Waals surface area (Å²) in [4.78, 5) is 28.4. The van der Waals surface area contributed by atoms with E-state index in [-0.39, 0.29) is 24.6 Å². The van der Waals surface area contributed by atoms with Gasteiger partial charge in [0.2, 0.25) is 6.10 Å². The molecule has 0 aliphatic carbocycles. The Balaban J connectivity index is 1.38. The summed E-state index contributed by atoms with van der Waals surface area (Å²) in [6.07, 6.45) is 1.65. The van der Waals surface area contributed by atoms with Crippen LogP contribution in [0.2, 0.25) is 0 Å². The van der Waals surface area contributed by atoms with Crippen LogP contribution in [0.1, 0.15) is 6.92 Å². The maximum Gasteiger partial charge on any atom is 0.266 e. The molecule has 2 aromatic heterocycles. The first kappa shape index (κ1) is 17.7. The molecule has 0 saturated heterocycles. The van der Waals surface area contributed by atoms with Gasteiger partial charge in [-0.3, -0.25) is 9.59 Å². The van der Waals surface area contributed by atoms with Crippen LogP contribution in [0.5, 0.6) is 11.5 Å². The van der Waals surface area contributed by atoms with Crippen LogP contribution in [0.4, 0.5) is 0 Å². The van der Waals surface area contributed by atoms with E-state index < -0.39 is 12.2 Å². The highest BCUT2D eigenvalue weighted by Gasteiger charge is 2.33. The quantitative estimate of drug-likeness (QED) is 0.669. The molecule has 1 aliphatic rings. The summed E-state index contributed by atoms with van der Waals surface area (Å²) in [5.41, 5.74) is -0.280. The van der Waals surface area contributed by atoms with Gasteiger partial charge in [-0.25, -0.2) is 14.3 Å². The standard InChI is InChI=1S/C18H18N6O4/c1-12-17(28-14-5-3-2-4-13(14)27-12)18(26)20-8-9-23-16(25)7-6-15(22-23)24-11-19-10-21-24/h2-7,10-12,17H,8-9H2,1H3,(H,20,26)/t12-,17+/m1/s1. The summed E-state index contributed by atoms with van der Waals surface area (Å²) in [6.45, 7) is 2.18. The third kappa shape index (κ3) is 3.56. The molecule has 0 bridgehead atoms. The molecule has 1 amide bonds. The number of carbonyl (C=O) groups is 1. The maximum atomic E-state index is 12.5. The Hall–Kier alpha value is -3.69. The molecule has 28 heavy (non-hydrogen) atoms. The summed E-state index contributed by atoms with van der Waals surface area (Å²) in [5.74, 6) is 1.28. The lowest BCUT2D eigenvalue weighted by molar-refractivity contribution is -0.133. The normalized spacial score (nSPS) is 17.9. The van der Waals surface area contributed by atoms with Gasteiger partial charge in [-0.2, -0.15) is 5.10 Å². The van der Waals surface area contributed by atoms with E-state index in [4.69, 9.17) is 9.47 Å². The van der Waals surface area contributed by atoms with Crippen molar-refractivity contribution in [1.82, 2.24) is 29.9 Å². The minimum atomic E-state index is -0.777. The van der Waals surface area contributed by atoms with Gasteiger partial charge in [-0.05, 0) is 25.1 Å². The molecule has 144 valence electrons. The molecule has 3 aromatic rings. The van der Waals surface area contributed by atoms with Crippen LogP contribution in [-0.4, -0.2) is 49.2 Å². The zero-order valence-electron chi connectivity index (χ0n) is 15.1. The molecule has 0 unspecified atom stereocenters. The molecule has 0 radical (unpaired) electrons. The fourth-order valence-corrected chi connectivity index (χ4v) is 2.84. The van der Waals surface area contributed by atoms with Gasteiger partial charge >= 0.3 is 0 Å². The minimum absolute atomic E-state index is 0.200. The van der Waals surface area contributed by atoms with Crippen molar-refractivity contribution in [2.24, 2.45) is 0 Å². The second kappa shape index (κ2) is 7.51. The Labute approximate surface area is 159 Å². The molecule has 0 spiro atoms.